The Balaban J connectivity index is 1.19. The van der Waals surface area contributed by atoms with Crippen LogP contribution in [0.2, 0.25) is 30.7 Å². The molecular weight excluding hydrogens is 570 g/mol. The molecule has 1 fully saturated rings. The van der Waals surface area contributed by atoms with E-state index in [1.165, 1.54) is 0 Å². The minimum absolute atomic E-state index is 0.204. The average molecular weight is 606 g/mol. The van der Waals surface area contributed by atoms with Crippen LogP contribution in [0.15, 0.2) is 48.9 Å². The first kappa shape index (κ1) is 28.8. The first-order valence-electron chi connectivity index (χ1n) is 14.2. The lowest BCUT2D eigenvalue weighted by Crippen LogP contribution is -2.51. The van der Waals surface area contributed by atoms with Crippen LogP contribution < -0.4 is 4.74 Å². The lowest BCUT2D eigenvalue weighted by molar-refractivity contribution is 0.0000444. The molecule has 1 saturated heterocycles. The molecule has 2 aromatic carbocycles. The molecule has 4 heterocycles. The number of imidazole rings is 1. The van der Waals surface area contributed by atoms with Gasteiger partial charge in [0.05, 0.1) is 47.3 Å². The summed E-state index contributed by atoms with van der Waals surface area (Å²) in [5, 5.41) is 14.4. The third kappa shape index (κ3) is 6.35. The number of hydrogen-bond acceptors (Lipinski definition) is 8. The number of fused-ring (bicyclic) bond motifs is 2. The molecular formula is C30H36ClN7O3Si. The minimum Gasteiger partial charge on any atom is -0.456 e. The number of rotatable bonds is 11. The average Bonchev–Trinajstić information content (AvgIpc) is 3.53. The topological polar surface area (TPSA) is 103 Å². The number of likely N-dealkylation sites (tertiary alicyclic amines) is 1. The van der Waals surface area contributed by atoms with Crippen LogP contribution in [0, 0.1) is 6.92 Å². The third-order valence-corrected chi connectivity index (χ3v) is 9.55. The van der Waals surface area contributed by atoms with E-state index in [9.17, 15) is 5.11 Å². The van der Waals surface area contributed by atoms with Gasteiger partial charge in [0.15, 0.2) is 0 Å². The van der Waals surface area contributed by atoms with Crippen molar-refractivity contribution in [3.05, 3.63) is 59.8 Å². The highest BCUT2D eigenvalue weighted by atomic mass is 35.5. The van der Waals surface area contributed by atoms with Crippen molar-refractivity contribution in [2.45, 2.75) is 52.0 Å². The molecule has 42 heavy (non-hydrogen) atoms. The maximum atomic E-state index is 9.48. The van der Waals surface area contributed by atoms with Crippen molar-refractivity contribution in [2.75, 3.05) is 26.2 Å². The number of aromatic nitrogens is 6. The number of aliphatic hydroxyl groups is 1. The van der Waals surface area contributed by atoms with E-state index in [4.69, 9.17) is 31.0 Å². The third-order valence-electron chi connectivity index (χ3n) is 7.48. The van der Waals surface area contributed by atoms with Crippen LogP contribution in [-0.4, -0.2) is 79.7 Å². The first-order valence-corrected chi connectivity index (χ1v) is 18.3. The molecule has 5 aromatic rings. The van der Waals surface area contributed by atoms with Crippen molar-refractivity contribution in [3.63, 3.8) is 0 Å². The van der Waals surface area contributed by atoms with Crippen molar-refractivity contribution in [1.82, 2.24) is 34.2 Å². The summed E-state index contributed by atoms with van der Waals surface area (Å²) in [7, 11) is -1.16. The number of halogens is 1. The van der Waals surface area contributed by atoms with E-state index in [1.54, 1.807) is 12.4 Å². The summed E-state index contributed by atoms with van der Waals surface area (Å²) in [4.78, 5) is 16.3. The fourth-order valence-corrected chi connectivity index (χ4v) is 5.94. The highest BCUT2D eigenvalue weighted by Crippen LogP contribution is 2.36. The van der Waals surface area contributed by atoms with Crippen molar-refractivity contribution in [3.8, 4) is 22.8 Å². The Labute approximate surface area is 250 Å². The Hall–Kier alpha value is -3.35. The molecule has 0 radical (unpaired) electrons. The van der Waals surface area contributed by atoms with Gasteiger partial charge < -0.3 is 19.1 Å². The van der Waals surface area contributed by atoms with Crippen LogP contribution in [0.3, 0.4) is 0 Å². The molecule has 0 saturated carbocycles. The Morgan fingerprint density at radius 3 is 2.64 bits per heavy atom. The molecule has 0 bridgehead atoms. The van der Waals surface area contributed by atoms with Gasteiger partial charge in [-0.15, -0.1) is 0 Å². The Bertz CT molecular complexity index is 1730. The molecule has 220 valence electrons. The van der Waals surface area contributed by atoms with E-state index in [1.807, 2.05) is 48.1 Å². The van der Waals surface area contributed by atoms with E-state index in [0.717, 1.165) is 61.3 Å². The van der Waals surface area contributed by atoms with E-state index in [0.29, 0.717) is 40.0 Å². The maximum Gasteiger partial charge on any atom is 0.148 e. The van der Waals surface area contributed by atoms with Gasteiger partial charge in [-0.05, 0) is 37.2 Å². The second kappa shape index (κ2) is 11.7. The lowest BCUT2D eigenvalue weighted by Gasteiger charge is -2.35. The predicted molar refractivity (Wildman–Crippen MR) is 167 cm³/mol. The van der Waals surface area contributed by atoms with Gasteiger partial charge in [0.25, 0.3) is 0 Å². The molecule has 10 nitrogen and oxygen atoms in total. The molecule has 6 rings (SSSR count). The highest BCUT2D eigenvalue weighted by molar-refractivity contribution is 6.76. The number of aliphatic hydroxyl groups excluding tert-OH is 1. The van der Waals surface area contributed by atoms with Gasteiger partial charge in [-0.2, -0.15) is 5.10 Å². The van der Waals surface area contributed by atoms with Gasteiger partial charge >= 0.3 is 0 Å². The summed E-state index contributed by atoms with van der Waals surface area (Å²) in [5.41, 5.74) is 4.61. The summed E-state index contributed by atoms with van der Waals surface area (Å²) in [6.07, 6.45) is 5.26. The van der Waals surface area contributed by atoms with Crippen molar-refractivity contribution in [1.29, 1.82) is 0 Å². The molecule has 0 atom stereocenters. The molecule has 3 aromatic heterocycles. The Morgan fingerprint density at radius 2 is 1.86 bits per heavy atom. The van der Waals surface area contributed by atoms with Gasteiger partial charge in [0.1, 0.15) is 34.6 Å². The van der Waals surface area contributed by atoms with Crippen molar-refractivity contribution < 1.29 is 14.6 Å². The monoisotopic (exact) mass is 605 g/mol. The molecule has 12 heteroatoms. The molecule has 0 aliphatic carbocycles. The summed E-state index contributed by atoms with van der Waals surface area (Å²) in [6, 6.07) is 10.6. The summed E-state index contributed by atoms with van der Waals surface area (Å²) < 4.78 is 16.2. The van der Waals surface area contributed by atoms with E-state index in [2.05, 4.69) is 39.2 Å². The fourth-order valence-electron chi connectivity index (χ4n) is 4.94. The number of hydrogen-bond donors (Lipinski definition) is 1. The Kier molecular flexibility index (Phi) is 8.03. The van der Waals surface area contributed by atoms with Crippen LogP contribution in [0.5, 0.6) is 11.5 Å². The van der Waals surface area contributed by atoms with Crippen molar-refractivity contribution in [2.24, 2.45) is 0 Å². The maximum absolute atomic E-state index is 9.48. The Morgan fingerprint density at radius 1 is 1.05 bits per heavy atom. The van der Waals surface area contributed by atoms with E-state index < -0.39 is 8.07 Å². The van der Waals surface area contributed by atoms with Crippen LogP contribution in [0.4, 0.5) is 0 Å². The normalized spacial score (nSPS) is 14.6. The number of β-amino-alcohol motifs (C(OH)–C–C–N with tert-alkyl or cyclic N) is 1. The van der Waals surface area contributed by atoms with Gasteiger partial charge in [-0.1, -0.05) is 31.2 Å². The summed E-state index contributed by atoms with van der Waals surface area (Å²) >= 11 is 6.84. The molecule has 0 spiro atoms. The SMILES string of the molecule is Cc1nc2ccc(Oc3ccc4ncc(-c5cnn(CCN6CC(O)C6)c5)nc4c3Cl)cc2n1COCC[Si](C)(C)C. The van der Waals surface area contributed by atoms with E-state index in [-0.39, 0.29) is 6.10 Å². The molecule has 1 aliphatic rings. The summed E-state index contributed by atoms with van der Waals surface area (Å²) in [6.45, 7) is 13.2. The lowest BCUT2D eigenvalue weighted by atomic mass is 10.2. The number of benzene rings is 2. The zero-order chi connectivity index (χ0) is 29.4. The zero-order valence-electron chi connectivity index (χ0n) is 24.4. The van der Waals surface area contributed by atoms with Crippen LogP contribution in [0.25, 0.3) is 33.3 Å². The standard InChI is InChI=1S/C30H36ClN7O3Si/c1-20-34-24-6-5-23(13-27(24)38(20)19-40-11-12-42(2,3)4)41-28-8-7-25-30(29(28)31)35-26(15-32-25)21-14-33-37(16-21)10-9-36-17-22(39)18-36/h5-8,13-16,22,39H,9-12,17-19H2,1-4H3. The van der Waals surface area contributed by atoms with E-state index >= 15 is 0 Å². The smallest absolute Gasteiger partial charge is 0.148 e. The zero-order valence-corrected chi connectivity index (χ0v) is 26.2. The number of nitrogens with zero attached hydrogens (tertiary/aromatic N) is 7. The summed E-state index contributed by atoms with van der Waals surface area (Å²) in [5.74, 6) is 2.04. The van der Waals surface area contributed by atoms with Gasteiger partial charge in [0.2, 0.25) is 0 Å². The minimum atomic E-state index is -1.16. The molecule has 1 aliphatic heterocycles. The van der Waals surface area contributed by atoms with Gasteiger partial charge in [-0.25, -0.2) is 9.97 Å². The van der Waals surface area contributed by atoms with Crippen LogP contribution in [-0.2, 0) is 18.0 Å². The second-order valence-electron chi connectivity index (χ2n) is 12.1. The van der Waals surface area contributed by atoms with Gasteiger partial charge in [0, 0.05) is 52.1 Å². The van der Waals surface area contributed by atoms with Crippen LogP contribution >= 0.6 is 11.6 Å². The first-order chi connectivity index (χ1) is 20.1. The quantitative estimate of drug-likeness (QED) is 0.154. The van der Waals surface area contributed by atoms with Crippen molar-refractivity contribution >= 4 is 41.7 Å². The number of aryl methyl sites for hydroxylation is 1. The number of ether oxygens (including phenoxy) is 2. The molecule has 0 amide bonds. The fraction of sp³-hybridized carbons (Fsp3) is 0.400. The van der Waals surface area contributed by atoms with Crippen LogP contribution in [0.1, 0.15) is 5.82 Å². The predicted octanol–water partition coefficient (Wildman–Crippen LogP) is 5.59. The molecule has 1 N–H and O–H groups in total. The van der Waals surface area contributed by atoms with Gasteiger partial charge in [-0.3, -0.25) is 14.6 Å². The largest absolute Gasteiger partial charge is 0.456 e. The molecule has 0 unspecified atom stereocenters. The highest BCUT2D eigenvalue weighted by Gasteiger charge is 2.23. The second-order valence-corrected chi connectivity index (χ2v) is 18.1.